The lowest BCUT2D eigenvalue weighted by Crippen LogP contribution is -2.24. The number of nitrogens with zero attached hydrogens (tertiary/aromatic N) is 5. The van der Waals surface area contributed by atoms with Gasteiger partial charge in [0, 0.05) is 34.8 Å². The second-order valence-electron chi connectivity index (χ2n) is 7.39. The zero-order valence-electron chi connectivity index (χ0n) is 15.9. The van der Waals surface area contributed by atoms with Crippen molar-refractivity contribution in [3.63, 3.8) is 0 Å². The number of rotatable bonds is 5. The first-order chi connectivity index (χ1) is 14.8. The Hall–Kier alpha value is -4.01. The Labute approximate surface area is 170 Å². The van der Waals surface area contributed by atoms with Crippen molar-refractivity contribution in [1.82, 2.24) is 35.0 Å². The molecule has 9 heteroatoms. The van der Waals surface area contributed by atoms with Gasteiger partial charge in [0.1, 0.15) is 0 Å². The van der Waals surface area contributed by atoms with Gasteiger partial charge < -0.3 is 14.8 Å². The van der Waals surface area contributed by atoms with E-state index in [0.29, 0.717) is 28.8 Å². The zero-order valence-corrected chi connectivity index (χ0v) is 15.9. The fourth-order valence-corrected chi connectivity index (χ4v) is 3.64. The monoisotopic (exact) mass is 399 g/mol. The molecule has 1 aliphatic carbocycles. The number of carbonyl (C=O) groups is 1. The van der Waals surface area contributed by atoms with E-state index in [1.165, 1.54) is 0 Å². The Morgan fingerprint density at radius 1 is 1.20 bits per heavy atom. The number of nitrogens with one attached hydrogen (secondary N) is 2. The van der Waals surface area contributed by atoms with E-state index in [1.54, 1.807) is 6.07 Å². The lowest BCUT2D eigenvalue weighted by molar-refractivity contribution is 0.0951. The molecule has 148 valence electrons. The molecule has 1 saturated carbocycles. The lowest BCUT2D eigenvalue weighted by Gasteiger charge is -2.06. The molecule has 0 aliphatic heterocycles. The summed E-state index contributed by atoms with van der Waals surface area (Å²) in [6, 6.07) is 11.2. The van der Waals surface area contributed by atoms with Crippen molar-refractivity contribution in [2.45, 2.75) is 25.3 Å². The molecular weight excluding hydrogens is 382 g/mol. The summed E-state index contributed by atoms with van der Waals surface area (Å²) in [7, 11) is 0. The van der Waals surface area contributed by atoms with Gasteiger partial charge >= 0.3 is 0 Å². The van der Waals surface area contributed by atoms with Gasteiger partial charge in [-0.25, -0.2) is 0 Å². The van der Waals surface area contributed by atoms with Crippen LogP contribution in [0.2, 0.25) is 0 Å². The molecule has 0 saturated heterocycles. The first kappa shape index (κ1) is 16.9. The van der Waals surface area contributed by atoms with E-state index >= 15 is 0 Å². The summed E-state index contributed by atoms with van der Waals surface area (Å²) < 4.78 is 7.27. The number of fused-ring (bicyclic) bond motifs is 2. The molecule has 1 amide bonds. The molecule has 1 aromatic carbocycles. The molecule has 0 bridgehead atoms. The van der Waals surface area contributed by atoms with Crippen LogP contribution in [0, 0.1) is 0 Å². The number of carbonyl (C=O) groups excluding carboxylic acids is 1. The molecule has 30 heavy (non-hydrogen) atoms. The highest BCUT2D eigenvalue weighted by Crippen LogP contribution is 2.39. The number of benzene rings is 1. The third-order valence-electron chi connectivity index (χ3n) is 5.37. The smallest absolute Gasteiger partial charge is 0.261 e. The molecule has 9 nitrogen and oxygen atoms in total. The molecule has 4 aromatic heterocycles. The Morgan fingerprint density at radius 3 is 3.03 bits per heavy atom. The van der Waals surface area contributed by atoms with E-state index in [0.717, 1.165) is 35.1 Å². The van der Waals surface area contributed by atoms with Crippen LogP contribution in [0.15, 0.2) is 53.3 Å². The number of hydrogen-bond donors (Lipinski definition) is 2. The SMILES string of the molecule is O=C(NCc1nnc2c(-c3nc(C4CC4)no3)cccn12)c1cccc2[nH]ccc12. The van der Waals surface area contributed by atoms with Gasteiger partial charge in [-0.15, -0.1) is 10.2 Å². The van der Waals surface area contributed by atoms with Crippen LogP contribution in [0.5, 0.6) is 0 Å². The summed E-state index contributed by atoms with van der Waals surface area (Å²) in [5.74, 6) is 2.04. The van der Waals surface area contributed by atoms with Crippen molar-refractivity contribution in [2.24, 2.45) is 0 Å². The molecule has 2 N–H and O–H groups in total. The number of aromatic nitrogens is 6. The van der Waals surface area contributed by atoms with Crippen molar-refractivity contribution in [2.75, 3.05) is 0 Å². The van der Waals surface area contributed by atoms with Crippen molar-refractivity contribution < 1.29 is 9.32 Å². The molecule has 6 rings (SSSR count). The minimum Gasteiger partial charge on any atom is -0.361 e. The van der Waals surface area contributed by atoms with Crippen LogP contribution in [0.3, 0.4) is 0 Å². The van der Waals surface area contributed by atoms with Crippen LogP contribution in [-0.2, 0) is 6.54 Å². The molecule has 0 radical (unpaired) electrons. The van der Waals surface area contributed by atoms with E-state index in [9.17, 15) is 4.79 Å². The van der Waals surface area contributed by atoms with Crippen molar-refractivity contribution in [3.05, 3.63) is 66.0 Å². The normalized spacial score (nSPS) is 13.9. The Morgan fingerprint density at radius 2 is 2.13 bits per heavy atom. The van der Waals surface area contributed by atoms with Crippen LogP contribution < -0.4 is 5.32 Å². The summed E-state index contributed by atoms with van der Waals surface area (Å²) in [5, 5.41) is 16.4. The standard InChI is InChI=1S/C21H17N7O2/c29-20(14-3-1-5-16-13(14)8-9-22-16)23-11-17-25-26-19-15(4-2-10-28(17)19)21-24-18(27-30-21)12-6-7-12/h1-5,8-10,12,22H,6-7,11H2,(H,23,29). The van der Waals surface area contributed by atoms with Crippen molar-refractivity contribution in [1.29, 1.82) is 0 Å². The number of hydrogen-bond acceptors (Lipinski definition) is 6. The summed E-state index contributed by atoms with van der Waals surface area (Å²) in [4.78, 5) is 20.4. The summed E-state index contributed by atoms with van der Waals surface area (Å²) in [5.41, 5.74) is 2.87. The first-order valence-electron chi connectivity index (χ1n) is 9.79. The van der Waals surface area contributed by atoms with Gasteiger partial charge in [-0.2, -0.15) is 4.98 Å². The molecule has 4 heterocycles. The quantitative estimate of drug-likeness (QED) is 0.469. The van der Waals surface area contributed by atoms with Crippen molar-refractivity contribution >= 4 is 22.5 Å². The highest BCUT2D eigenvalue weighted by molar-refractivity contribution is 6.06. The largest absolute Gasteiger partial charge is 0.361 e. The minimum absolute atomic E-state index is 0.168. The van der Waals surface area contributed by atoms with Gasteiger partial charge in [-0.1, -0.05) is 11.2 Å². The second-order valence-corrected chi connectivity index (χ2v) is 7.39. The van der Waals surface area contributed by atoms with Gasteiger partial charge in [0.25, 0.3) is 11.8 Å². The summed E-state index contributed by atoms with van der Waals surface area (Å²) in [6.07, 6.45) is 5.88. The van der Waals surface area contributed by atoms with Gasteiger partial charge in [0.15, 0.2) is 17.3 Å². The van der Waals surface area contributed by atoms with Crippen LogP contribution in [0.25, 0.3) is 28.0 Å². The molecule has 0 unspecified atom stereocenters. The van der Waals surface area contributed by atoms with Crippen LogP contribution >= 0.6 is 0 Å². The minimum atomic E-state index is -0.168. The predicted molar refractivity (Wildman–Crippen MR) is 108 cm³/mol. The Kier molecular flexibility index (Phi) is 3.67. The average Bonchev–Trinajstić information content (AvgIpc) is 3.18. The maximum Gasteiger partial charge on any atom is 0.261 e. The van der Waals surface area contributed by atoms with E-state index in [-0.39, 0.29) is 12.5 Å². The van der Waals surface area contributed by atoms with Gasteiger partial charge in [-0.3, -0.25) is 9.20 Å². The first-order valence-corrected chi connectivity index (χ1v) is 9.79. The topological polar surface area (TPSA) is 114 Å². The van der Waals surface area contributed by atoms with Crippen LogP contribution in [0.1, 0.15) is 40.8 Å². The fourth-order valence-electron chi connectivity index (χ4n) is 3.64. The molecule has 1 aliphatic rings. The highest BCUT2D eigenvalue weighted by Gasteiger charge is 2.29. The number of amides is 1. The third-order valence-corrected chi connectivity index (χ3v) is 5.37. The van der Waals surface area contributed by atoms with Crippen molar-refractivity contribution in [3.8, 4) is 11.5 Å². The molecule has 1 fully saturated rings. The summed E-state index contributed by atoms with van der Waals surface area (Å²) >= 11 is 0. The van der Waals surface area contributed by atoms with Gasteiger partial charge in [0.05, 0.1) is 12.1 Å². The van der Waals surface area contributed by atoms with Gasteiger partial charge in [0.2, 0.25) is 0 Å². The molecule has 5 aromatic rings. The Bertz CT molecular complexity index is 1390. The van der Waals surface area contributed by atoms with E-state index in [2.05, 4.69) is 30.6 Å². The summed E-state index contributed by atoms with van der Waals surface area (Å²) in [6.45, 7) is 0.238. The van der Waals surface area contributed by atoms with Crippen LogP contribution in [0.4, 0.5) is 0 Å². The van der Waals surface area contributed by atoms with E-state index in [1.807, 2.05) is 47.1 Å². The fraction of sp³-hybridized carbons (Fsp3) is 0.190. The Balaban J connectivity index is 1.27. The third kappa shape index (κ3) is 2.74. The highest BCUT2D eigenvalue weighted by atomic mass is 16.5. The second kappa shape index (κ2) is 6.51. The van der Waals surface area contributed by atoms with E-state index < -0.39 is 0 Å². The van der Waals surface area contributed by atoms with Gasteiger partial charge in [-0.05, 0) is 43.2 Å². The van der Waals surface area contributed by atoms with Crippen LogP contribution in [-0.4, -0.2) is 35.6 Å². The number of H-pyrrole nitrogens is 1. The van der Waals surface area contributed by atoms with E-state index in [4.69, 9.17) is 4.52 Å². The predicted octanol–water partition coefficient (Wildman–Crippen LogP) is 3.07. The average molecular weight is 399 g/mol. The number of aromatic amines is 1. The number of pyridine rings is 1. The lowest BCUT2D eigenvalue weighted by atomic mass is 10.1. The maximum absolute atomic E-state index is 12.7. The maximum atomic E-state index is 12.7. The molecule has 0 atom stereocenters. The molecule has 0 spiro atoms. The molecular formula is C21H17N7O2. The zero-order chi connectivity index (χ0) is 20.1.